The van der Waals surface area contributed by atoms with E-state index in [0.717, 1.165) is 22.3 Å². The minimum atomic E-state index is -1.10. The molecule has 3 N–H and O–H groups in total. The number of hydrogen-bond donors (Lipinski definition) is 3. The van der Waals surface area contributed by atoms with Crippen LogP contribution >= 0.6 is 11.8 Å². The summed E-state index contributed by atoms with van der Waals surface area (Å²) in [5.41, 5.74) is 4.45. The Balaban J connectivity index is 1.57. The molecule has 2 aromatic rings. The Kier molecular flexibility index (Phi) is 7.57. The number of hydrogen-bond acceptors (Lipinski definition) is 5. The van der Waals surface area contributed by atoms with Gasteiger partial charge in [0, 0.05) is 5.92 Å². The second-order valence-corrected chi connectivity index (χ2v) is 8.36. The molecule has 7 nitrogen and oxygen atoms in total. The number of carboxylic acid groups (broad SMARTS) is 1. The summed E-state index contributed by atoms with van der Waals surface area (Å²) in [4.78, 5) is 35.9. The molecule has 0 aliphatic heterocycles. The predicted molar refractivity (Wildman–Crippen MR) is 120 cm³/mol. The molecule has 0 radical (unpaired) electrons. The smallest absolute Gasteiger partial charge is 0.407 e. The molecule has 164 valence electrons. The van der Waals surface area contributed by atoms with Crippen LogP contribution in [0.1, 0.15) is 30.4 Å². The Bertz CT molecular complexity index is 919. The van der Waals surface area contributed by atoms with Crippen LogP contribution in [-0.4, -0.2) is 53.8 Å². The van der Waals surface area contributed by atoms with Crippen molar-refractivity contribution in [3.05, 3.63) is 59.7 Å². The molecule has 1 aliphatic carbocycles. The highest BCUT2D eigenvalue weighted by Gasteiger charge is 2.29. The molecule has 2 aromatic carbocycles. The van der Waals surface area contributed by atoms with E-state index < -0.39 is 30.1 Å². The lowest BCUT2D eigenvalue weighted by Crippen LogP contribution is -2.50. The van der Waals surface area contributed by atoms with E-state index in [9.17, 15) is 19.5 Å². The number of ether oxygens (including phenoxy) is 1. The zero-order chi connectivity index (χ0) is 22.4. The molecular weight excluding hydrogens is 416 g/mol. The van der Waals surface area contributed by atoms with Gasteiger partial charge in [-0.1, -0.05) is 48.5 Å². The first-order valence-corrected chi connectivity index (χ1v) is 11.5. The van der Waals surface area contributed by atoms with E-state index in [-0.39, 0.29) is 12.5 Å². The largest absolute Gasteiger partial charge is 0.480 e. The van der Waals surface area contributed by atoms with Crippen molar-refractivity contribution in [1.29, 1.82) is 0 Å². The van der Waals surface area contributed by atoms with Crippen molar-refractivity contribution in [1.82, 2.24) is 10.6 Å². The van der Waals surface area contributed by atoms with Gasteiger partial charge in [-0.15, -0.1) is 0 Å². The van der Waals surface area contributed by atoms with Gasteiger partial charge in [0.15, 0.2) is 0 Å². The van der Waals surface area contributed by atoms with Crippen LogP contribution in [0.4, 0.5) is 4.79 Å². The number of alkyl carbamates (subject to hydrolysis) is 1. The molecule has 0 aromatic heterocycles. The van der Waals surface area contributed by atoms with E-state index in [1.54, 1.807) is 0 Å². The summed E-state index contributed by atoms with van der Waals surface area (Å²) in [5, 5.41) is 14.2. The van der Waals surface area contributed by atoms with Gasteiger partial charge in [-0.05, 0) is 47.6 Å². The monoisotopic (exact) mass is 442 g/mol. The second-order valence-electron chi connectivity index (χ2n) is 7.37. The number of thioether (sulfide) groups is 1. The molecule has 31 heavy (non-hydrogen) atoms. The average Bonchev–Trinajstić information content (AvgIpc) is 3.08. The molecular formula is C23H26N2O5S. The normalized spacial score (nSPS) is 14.1. The molecule has 2 atom stereocenters. The number of carboxylic acids is 1. The van der Waals surface area contributed by atoms with Crippen molar-refractivity contribution in [3.8, 4) is 11.1 Å². The maximum absolute atomic E-state index is 12.3. The van der Waals surface area contributed by atoms with Crippen molar-refractivity contribution >= 4 is 29.7 Å². The number of fused-ring (bicyclic) bond motifs is 3. The van der Waals surface area contributed by atoms with Gasteiger partial charge in [0.2, 0.25) is 5.91 Å². The standard InChI is InChI=1S/C23H26N2O5S/c1-14(21(26)25-20(22(27)28)11-12-31-2)24-23(29)30-13-19-17-9-5-3-7-15(17)16-8-4-6-10-18(16)19/h3-10,14,19-20H,11-13H2,1-2H3,(H,24,29)(H,25,26)(H,27,28)/t14-,20+/m1/s1. The van der Waals surface area contributed by atoms with E-state index in [4.69, 9.17) is 4.74 Å². The van der Waals surface area contributed by atoms with Crippen LogP contribution in [0.2, 0.25) is 0 Å². The molecule has 2 amide bonds. The van der Waals surface area contributed by atoms with Gasteiger partial charge in [0.05, 0.1) is 0 Å². The first-order chi connectivity index (χ1) is 14.9. The fourth-order valence-electron chi connectivity index (χ4n) is 3.67. The van der Waals surface area contributed by atoms with Crippen molar-refractivity contribution < 1.29 is 24.2 Å². The summed E-state index contributed by atoms with van der Waals surface area (Å²) in [5.74, 6) is -1.14. The van der Waals surface area contributed by atoms with Crippen LogP contribution in [0.5, 0.6) is 0 Å². The van der Waals surface area contributed by atoms with Crippen LogP contribution < -0.4 is 10.6 Å². The zero-order valence-electron chi connectivity index (χ0n) is 17.5. The maximum atomic E-state index is 12.3. The third kappa shape index (κ3) is 5.38. The van der Waals surface area contributed by atoms with Crippen LogP contribution in [0.15, 0.2) is 48.5 Å². The lowest BCUT2D eigenvalue weighted by molar-refractivity contribution is -0.142. The maximum Gasteiger partial charge on any atom is 0.407 e. The highest BCUT2D eigenvalue weighted by molar-refractivity contribution is 7.98. The minimum absolute atomic E-state index is 0.0785. The van der Waals surface area contributed by atoms with Gasteiger partial charge >= 0.3 is 12.1 Å². The van der Waals surface area contributed by atoms with E-state index in [2.05, 4.69) is 22.8 Å². The summed E-state index contributed by atoms with van der Waals surface area (Å²) in [7, 11) is 0. The molecule has 3 rings (SSSR count). The van der Waals surface area contributed by atoms with Crippen LogP contribution in [-0.2, 0) is 14.3 Å². The molecule has 0 bridgehead atoms. The quantitative estimate of drug-likeness (QED) is 0.551. The SMILES string of the molecule is CSCC[C@H](NC(=O)[C@@H](C)NC(=O)OCC1c2ccccc2-c2ccccc21)C(=O)O. The van der Waals surface area contributed by atoms with Crippen molar-refractivity contribution in [2.24, 2.45) is 0 Å². The first kappa shape index (κ1) is 22.7. The van der Waals surface area contributed by atoms with Gasteiger partial charge in [-0.3, -0.25) is 4.79 Å². The van der Waals surface area contributed by atoms with Crippen molar-refractivity contribution in [3.63, 3.8) is 0 Å². The van der Waals surface area contributed by atoms with Crippen molar-refractivity contribution in [2.75, 3.05) is 18.6 Å². The van der Waals surface area contributed by atoms with Gasteiger partial charge in [0.25, 0.3) is 0 Å². The molecule has 0 heterocycles. The number of nitrogens with one attached hydrogen (secondary N) is 2. The lowest BCUT2D eigenvalue weighted by Gasteiger charge is -2.19. The summed E-state index contributed by atoms with van der Waals surface area (Å²) < 4.78 is 5.43. The van der Waals surface area contributed by atoms with Crippen molar-refractivity contribution in [2.45, 2.75) is 31.3 Å². The van der Waals surface area contributed by atoms with E-state index in [1.807, 2.05) is 42.7 Å². The summed E-state index contributed by atoms with van der Waals surface area (Å²) >= 11 is 1.50. The third-order valence-electron chi connectivity index (χ3n) is 5.30. The van der Waals surface area contributed by atoms with E-state index in [1.165, 1.54) is 18.7 Å². The minimum Gasteiger partial charge on any atom is -0.480 e. The number of rotatable bonds is 9. The molecule has 0 saturated heterocycles. The van der Waals surface area contributed by atoms with Gasteiger partial charge in [0.1, 0.15) is 18.7 Å². The second kappa shape index (κ2) is 10.3. The number of benzene rings is 2. The van der Waals surface area contributed by atoms with Crippen LogP contribution in [0, 0.1) is 0 Å². The van der Waals surface area contributed by atoms with Gasteiger partial charge in [-0.2, -0.15) is 11.8 Å². The molecule has 0 fully saturated rings. The Hall–Kier alpha value is -3.00. The number of carbonyl (C=O) groups excluding carboxylic acids is 2. The highest BCUT2D eigenvalue weighted by atomic mass is 32.2. The fourth-order valence-corrected chi connectivity index (χ4v) is 4.14. The molecule has 0 unspecified atom stereocenters. The third-order valence-corrected chi connectivity index (χ3v) is 5.94. The lowest BCUT2D eigenvalue weighted by atomic mass is 9.98. The highest BCUT2D eigenvalue weighted by Crippen LogP contribution is 2.44. The zero-order valence-corrected chi connectivity index (χ0v) is 18.3. The molecule has 0 saturated carbocycles. The van der Waals surface area contributed by atoms with Crippen LogP contribution in [0.3, 0.4) is 0 Å². The summed E-state index contributed by atoms with van der Waals surface area (Å²) in [6.07, 6.45) is 1.45. The predicted octanol–water partition coefficient (Wildman–Crippen LogP) is 3.24. The number of carbonyl (C=O) groups is 3. The summed E-state index contributed by atoms with van der Waals surface area (Å²) in [6, 6.07) is 14.1. The Morgan fingerprint density at radius 1 is 1.03 bits per heavy atom. The Morgan fingerprint density at radius 2 is 1.61 bits per heavy atom. The average molecular weight is 443 g/mol. The number of amides is 2. The molecule has 0 spiro atoms. The molecule has 8 heteroatoms. The summed E-state index contributed by atoms with van der Waals surface area (Å²) in [6.45, 7) is 1.63. The van der Waals surface area contributed by atoms with E-state index in [0.29, 0.717) is 12.2 Å². The van der Waals surface area contributed by atoms with Gasteiger partial charge < -0.3 is 20.5 Å². The van der Waals surface area contributed by atoms with Gasteiger partial charge in [-0.25, -0.2) is 9.59 Å². The Morgan fingerprint density at radius 3 is 2.16 bits per heavy atom. The molecule has 1 aliphatic rings. The van der Waals surface area contributed by atoms with E-state index >= 15 is 0 Å². The Labute approximate surface area is 185 Å². The first-order valence-electron chi connectivity index (χ1n) is 10.1. The number of aliphatic carboxylic acids is 1. The van der Waals surface area contributed by atoms with Crippen LogP contribution in [0.25, 0.3) is 11.1 Å². The fraction of sp³-hybridized carbons (Fsp3) is 0.348. The topological polar surface area (TPSA) is 105 Å².